The number of aryl methyl sites for hydroxylation is 1. The lowest BCUT2D eigenvalue weighted by molar-refractivity contribution is 0.166. The second kappa shape index (κ2) is 7.31. The Morgan fingerprint density at radius 1 is 1.20 bits per heavy atom. The van der Waals surface area contributed by atoms with Crippen molar-refractivity contribution in [2.75, 3.05) is 20.3 Å². The minimum absolute atomic E-state index is 0.278. The van der Waals surface area contributed by atoms with Crippen LogP contribution in [-0.2, 0) is 11.2 Å². The van der Waals surface area contributed by atoms with E-state index in [0.717, 1.165) is 30.8 Å². The van der Waals surface area contributed by atoms with Crippen molar-refractivity contribution in [1.29, 1.82) is 0 Å². The molecule has 4 nitrogen and oxygen atoms in total. The Kier molecular flexibility index (Phi) is 5.44. The van der Waals surface area contributed by atoms with E-state index in [1.165, 1.54) is 10.8 Å². The number of benzene rings is 1. The van der Waals surface area contributed by atoms with Crippen LogP contribution in [0, 0.1) is 6.92 Å². The first-order valence-corrected chi connectivity index (χ1v) is 7.19. The highest BCUT2D eigenvalue weighted by Crippen LogP contribution is 2.19. The monoisotopic (exact) mass is 273 g/mol. The number of nitrogens with zero attached hydrogens (tertiary/aromatic N) is 2. The van der Waals surface area contributed by atoms with E-state index in [9.17, 15) is 0 Å². The summed E-state index contributed by atoms with van der Waals surface area (Å²) in [6.45, 7) is 5.84. The van der Waals surface area contributed by atoms with Crippen molar-refractivity contribution in [2.24, 2.45) is 0 Å². The van der Waals surface area contributed by atoms with Crippen molar-refractivity contribution in [3.63, 3.8) is 0 Å². The van der Waals surface area contributed by atoms with Gasteiger partial charge < -0.3 is 10.1 Å². The number of aromatic nitrogens is 2. The summed E-state index contributed by atoms with van der Waals surface area (Å²) in [6, 6.07) is 8.60. The smallest absolute Gasteiger partial charge is 0.0725 e. The average Bonchev–Trinajstić information content (AvgIpc) is 2.48. The molecule has 2 rings (SSSR count). The molecule has 0 aliphatic rings. The molecule has 20 heavy (non-hydrogen) atoms. The van der Waals surface area contributed by atoms with Crippen LogP contribution in [0.1, 0.15) is 24.7 Å². The second-order valence-electron chi connectivity index (χ2n) is 5.09. The summed E-state index contributed by atoms with van der Waals surface area (Å²) >= 11 is 0. The van der Waals surface area contributed by atoms with Gasteiger partial charge >= 0.3 is 0 Å². The molecule has 0 radical (unpaired) electrons. The van der Waals surface area contributed by atoms with E-state index in [1.54, 1.807) is 7.11 Å². The fourth-order valence-corrected chi connectivity index (χ4v) is 2.42. The van der Waals surface area contributed by atoms with E-state index in [-0.39, 0.29) is 6.04 Å². The first-order chi connectivity index (χ1) is 9.76. The summed E-state index contributed by atoms with van der Waals surface area (Å²) in [5, 5.41) is 14.6. The summed E-state index contributed by atoms with van der Waals surface area (Å²) in [5.74, 6) is 0. The van der Waals surface area contributed by atoms with Crippen molar-refractivity contribution in [3.8, 4) is 0 Å². The van der Waals surface area contributed by atoms with E-state index >= 15 is 0 Å². The van der Waals surface area contributed by atoms with Crippen molar-refractivity contribution in [3.05, 3.63) is 35.7 Å². The summed E-state index contributed by atoms with van der Waals surface area (Å²) in [6.07, 6.45) is 1.95. The Hall–Kier alpha value is -1.52. The maximum absolute atomic E-state index is 5.30. The molecular formula is C16H23N3O. The molecule has 1 atom stereocenters. The lowest BCUT2D eigenvalue weighted by atomic mass is 10.0. The van der Waals surface area contributed by atoms with Crippen LogP contribution in [0.3, 0.4) is 0 Å². The third-order valence-electron chi connectivity index (χ3n) is 3.44. The third-order valence-corrected chi connectivity index (χ3v) is 3.44. The zero-order valence-electron chi connectivity index (χ0n) is 12.5. The highest BCUT2D eigenvalue weighted by atomic mass is 16.5. The van der Waals surface area contributed by atoms with Crippen LogP contribution < -0.4 is 5.32 Å². The highest BCUT2D eigenvalue weighted by molar-refractivity contribution is 5.86. The molecule has 0 amide bonds. The summed E-state index contributed by atoms with van der Waals surface area (Å²) in [5.41, 5.74) is 2.02. The van der Waals surface area contributed by atoms with Gasteiger partial charge in [-0.3, -0.25) is 0 Å². The highest BCUT2D eigenvalue weighted by Gasteiger charge is 2.13. The van der Waals surface area contributed by atoms with Crippen LogP contribution in [0.4, 0.5) is 0 Å². The zero-order chi connectivity index (χ0) is 14.4. The van der Waals surface area contributed by atoms with Gasteiger partial charge in [0.25, 0.3) is 0 Å². The molecule has 1 unspecified atom stereocenters. The number of rotatable bonds is 7. The van der Waals surface area contributed by atoms with E-state index in [4.69, 9.17) is 4.74 Å². The van der Waals surface area contributed by atoms with Crippen LogP contribution in [-0.4, -0.2) is 36.5 Å². The Morgan fingerprint density at radius 2 is 1.95 bits per heavy atom. The maximum Gasteiger partial charge on any atom is 0.0725 e. The third kappa shape index (κ3) is 3.52. The van der Waals surface area contributed by atoms with E-state index in [0.29, 0.717) is 6.61 Å². The van der Waals surface area contributed by atoms with Crippen LogP contribution in [0.15, 0.2) is 24.3 Å². The summed E-state index contributed by atoms with van der Waals surface area (Å²) in [7, 11) is 1.74. The zero-order valence-corrected chi connectivity index (χ0v) is 12.5. The SMILES string of the molecule is CCCNC(COC)Cc1nnc(C)c2ccccc12. The molecule has 1 aromatic heterocycles. The molecule has 0 aliphatic carbocycles. The van der Waals surface area contributed by atoms with E-state index in [1.807, 2.05) is 13.0 Å². The number of hydrogen-bond donors (Lipinski definition) is 1. The standard InChI is InChI=1S/C16H23N3O/c1-4-9-17-13(11-20-3)10-16-15-8-6-5-7-14(15)12(2)18-19-16/h5-8,13,17H,4,9-11H2,1-3H3. The van der Waals surface area contributed by atoms with Gasteiger partial charge in [0.15, 0.2) is 0 Å². The molecule has 0 bridgehead atoms. The molecule has 0 aliphatic heterocycles. The first-order valence-electron chi connectivity index (χ1n) is 7.19. The van der Waals surface area contributed by atoms with Gasteiger partial charge in [0.1, 0.15) is 0 Å². The fraction of sp³-hybridized carbons (Fsp3) is 0.500. The molecule has 108 valence electrons. The Balaban J connectivity index is 2.25. The summed E-state index contributed by atoms with van der Waals surface area (Å²) in [4.78, 5) is 0. The van der Waals surface area contributed by atoms with Gasteiger partial charge in [-0.15, -0.1) is 0 Å². The molecule has 1 aromatic carbocycles. The van der Waals surface area contributed by atoms with Crippen LogP contribution in [0.2, 0.25) is 0 Å². The number of nitrogens with one attached hydrogen (secondary N) is 1. The van der Waals surface area contributed by atoms with Gasteiger partial charge in [-0.05, 0) is 19.9 Å². The number of ether oxygens (including phenoxy) is 1. The number of fused-ring (bicyclic) bond motifs is 1. The van der Waals surface area contributed by atoms with Gasteiger partial charge in [0.2, 0.25) is 0 Å². The minimum Gasteiger partial charge on any atom is -0.383 e. The quantitative estimate of drug-likeness (QED) is 0.842. The van der Waals surface area contributed by atoms with Crippen LogP contribution in [0.5, 0.6) is 0 Å². The Labute approximate surface area is 120 Å². The largest absolute Gasteiger partial charge is 0.383 e. The van der Waals surface area contributed by atoms with Crippen LogP contribution in [0.25, 0.3) is 10.8 Å². The minimum atomic E-state index is 0.278. The average molecular weight is 273 g/mol. The Morgan fingerprint density at radius 3 is 2.65 bits per heavy atom. The topological polar surface area (TPSA) is 47.0 Å². The van der Waals surface area contributed by atoms with Crippen molar-refractivity contribution < 1.29 is 4.74 Å². The molecule has 1 N–H and O–H groups in total. The molecule has 0 saturated carbocycles. The van der Waals surface area contributed by atoms with Gasteiger partial charge in [0, 0.05) is 30.3 Å². The van der Waals surface area contributed by atoms with Crippen molar-refractivity contribution in [1.82, 2.24) is 15.5 Å². The van der Waals surface area contributed by atoms with Gasteiger partial charge in [0.05, 0.1) is 18.0 Å². The number of methoxy groups -OCH3 is 1. The molecule has 0 saturated heterocycles. The van der Waals surface area contributed by atoms with Gasteiger partial charge in [-0.25, -0.2) is 0 Å². The normalized spacial score (nSPS) is 12.8. The van der Waals surface area contributed by atoms with Crippen molar-refractivity contribution >= 4 is 10.8 Å². The molecule has 0 spiro atoms. The predicted octanol–water partition coefficient (Wildman–Crippen LogP) is 2.50. The lowest BCUT2D eigenvalue weighted by Crippen LogP contribution is -2.36. The lowest BCUT2D eigenvalue weighted by Gasteiger charge is -2.18. The van der Waals surface area contributed by atoms with E-state index in [2.05, 4.69) is 40.6 Å². The molecule has 0 fully saturated rings. The molecule has 2 aromatic rings. The maximum atomic E-state index is 5.30. The van der Waals surface area contributed by atoms with Crippen LogP contribution >= 0.6 is 0 Å². The molecular weight excluding hydrogens is 250 g/mol. The van der Waals surface area contributed by atoms with Crippen molar-refractivity contribution in [2.45, 2.75) is 32.7 Å². The van der Waals surface area contributed by atoms with Gasteiger partial charge in [-0.2, -0.15) is 10.2 Å². The fourth-order valence-electron chi connectivity index (χ4n) is 2.42. The summed E-state index contributed by atoms with van der Waals surface area (Å²) < 4.78 is 5.30. The van der Waals surface area contributed by atoms with E-state index < -0.39 is 0 Å². The molecule has 4 heteroatoms. The number of hydrogen-bond acceptors (Lipinski definition) is 4. The predicted molar refractivity (Wildman–Crippen MR) is 81.9 cm³/mol. The molecule has 1 heterocycles. The first kappa shape index (κ1) is 14.9. The van der Waals surface area contributed by atoms with Gasteiger partial charge in [-0.1, -0.05) is 31.2 Å². The Bertz CT molecular complexity index is 556. The second-order valence-corrected chi connectivity index (χ2v) is 5.09.